The largest absolute Gasteiger partial charge is 0.462 e. The van der Waals surface area contributed by atoms with Crippen LogP contribution in [0, 0.1) is 11.7 Å². The predicted molar refractivity (Wildman–Crippen MR) is 147 cm³/mol. The molecule has 0 aliphatic rings. The molecule has 1 N–H and O–H groups in total. The number of hydrogen-bond donors (Lipinski definition) is 1. The Morgan fingerprint density at radius 2 is 1.53 bits per heavy atom. The van der Waals surface area contributed by atoms with Crippen molar-refractivity contribution in [1.82, 2.24) is 14.8 Å². The lowest BCUT2D eigenvalue weighted by Gasteiger charge is -2.09. The first-order valence-electron chi connectivity index (χ1n) is 12.4. The molecule has 0 aliphatic carbocycles. The van der Waals surface area contributed by atoms with Gasteiger partial charge in [-0.2, -0.15) is 4.98 Å². The van der Waals surface area contributed by atoms with E-state index in [0.717, 1.165) is 11.1 Å². The zero-order valence-corrected chi connectivity index (χ0v) is 21.1. The number of anilines is 1. The summed E-state index contributed by atoms with van der Waals surface area (Å²) in [5.74, 6) is 0.00158. The van der Waals surface area contributed by atoms with E-state index in [4.69, 9.17) is 4.74 Å². The van der Waals surface area contributed by atoms with Gasteiger partial charge in [-0.1, -0.05) is 68.4 Å². The summed E-state index contributed by atoms with van der Waals surface area (Å²) in [5, 5.41) is 7.39. The topological polar surface area (TPSA) is 69.0 Å². The Morgan fingerprint density at radius 3 is 2.21 bits per heavy atom. The highest BCUT2D eigenvalue weighted by Crippen LogP contribution is 2.27. The van der Waals surface area contributed by atoms with Crippen LogP contribution < -0.4 is 10.1 Å². The minimum absolute atomic E-state index is 0.174. The molecular weight excluding hydrogens is 479 g/mol. The van der Waals surface area contributed by atoms with E-state index < -0.39 is 5.82 Å². The van der Waals surface area contributed by atoms with Crippen molar-refractivity contribution < 1.29 is 13.9 Å². The lowest BCUT2D eigenvalue weighted by Crippen LogP contribution is -2.11. The van der Waals surface area contributed by atoms with E-state index in [1.54, 1.807) is 59.3 Å². The molecule has 0 saturated heterocycles. The van der Waals surface area contributed by atoms with E-state index in [1.165, 1.54) is 6.07 Å². The van der Waals surface area contributed by atoms with Gasteiger partial charge >= 0.3 is 6.01 Å². The molecule has 1 aromatic heterocycles. The van der Waals surface area contributed by atoms with Gasteiger partial charge in [-0.25, -0.2) is 9.07 Å². The van der Waals surface area contributed by atoms with Gasteiger partial charge in [0.1, 0.15) is 5.82 Å². The number of benzene rings is 4. The minimum Gasteiger partial charge on any atom is -0.462 e. The maximum Gasteiger partial charge on any atom is 0.336 e. The van der Waals surface area contributed by atoms with Crippen LogP contribution in [-0.4, -0.2) is 27.3 Å². The molecule has 0 aliphatic heterocycles. The molecule has 0 unspecified atom stereocenters. The second-order valence-corrected chi connectivity index (χ2v) is 9.26. The summed E-state index contributed by atoms with van der Waals surface area (Å²) in [6.45, 7) is 4.50. The molecule has 4 aromatic carbocycles. The monoisotopic (exact) mass is 506 g/mol. The Labute approximate surface area is 220 Å². The highest BCUT2D eigenvalue weighted by atomic mass is 19.1. The Bertz CT molecular complexity index is 1530. The molecule has 7 heteroatoms. The first-order chi connectivity index (χ1) is 18.5. The summed E-state index contributed by atoms with van der Waals surface area (Å²) in [4.78, 5) is 17.3. The SMILES string of the molecule is CC(C)COc1nc(-c2ccccc2F)n(-c2ccc(NC(=O)c3ccc(-c4ccccc4)cc3)cc2)n1. The molecule has 190 valence electrons. The molecule has 0 fully saturated rings. The Hall–Kier alpha value is -4.78. The van der Waals surface area contributed by atoms with Gasteiger partial charge in [0, 0.05) is 11.3 Å². The number of nitrogens with one attached hydrogen (secondary N) is 1. The molecule has 0 spiro atoms. The van der Waals surface area contributed by atoms with Crippen LogP contribution in [0.2, 0.25) is 0 Å². The second-order valence-electron chi connectivity index (χ2n) is 9.26. The third kappa shape index (κ3) is 5.62. The maximum atomic E-state index is 14.6. The molecule has 1 amide bonds. The van der Waals surface area contributed by atoms with Gasteiger partial charge in [-0.05, 0) is 65.6 Å². The van der Waals surface area contributed by atoms with Gasteiger partial charge in [0.05, 0.1) is 17.9 Å². The van der Waals surface area contributed by atoms with E-state index >= 15 is 0 Å². The molecular formula is C31H27FN4O2. The highest BCUT2D eigenvalue weighted by Gasteiger charge is 2.18. The van der Waals surface area contributed by atoms with Crippen LogP contribution in [-0.2, 0) is 0 Å². The summed E-state index contributed by atoms with van der Waals surface area (Å²) in [6, 6.07) is 31.2. The molecule has 0 saturated carbocycles. The number of hydrogen-bond acceptors (Lipinski definition) is 4. The molecule has 0 bridgehead atoms. The van der Waals surface area contributed by atoms with Crippen LogP contribution in [0.3, 0.4) is 0 Å². The fraction of sp³-hybridized carbons (Fsp3) is 0.129. The van der Waals surface area contributed by atoms with Gasteiger partial charge in [-0.3, -0.25) is 4.79 Å². The van der Waals surface area contributed by atoms with Crippen LogP contribution in [0.4, 0.5) is 10.1 Å². The van der Waals surface area contributed by atoms with Gasteiger partial charge in [0.15, 0.2) is 5.82 Å². The number of carbonyl (C=O) groups excluding carboxylic acids is 1. The third-order valence-electron chi connectivity index (χ3n) is 5.87. The molecule has 6 nitrogen and oxygen atoms in total. The first-order valence-corrected chi connectivity index (χ1v) is 12.4. The number of halogens is 1. The first kappa shape index (κ1) is 24.9. The zero-order valence-electron chi connectivity index (χ0n) is 21.1. The van der Waals surface area contributed by atoms with Crippen LogP contribution >= 0.6 is 0 Å². The number of aromatic nitrogens is 3. The second kappa shape index (κ2) is 11.1. The lowest BCUT2D eigenvalue weighted by molar-refractivity contribution is 0.102. The van der Waals surface area contributed by atoms with E-state index in [1.807, 2.05) is 56.3 Å². The number of ether oxygens (including phenoxy) is 1. The van der Waals surface area contributed by atoms with E-state index in [-0.39, 0.29) is 17.8 Å². The van der Waals surface area contributed by atoms with Gasteiger partial charge in [0.25, 0.3) is 5.91 Å². The van der Waals surface area contributed by atoms with Crippen LogP contribution in [0.25, 0.3) is 28.2 Å². The molecule has 1 heterocycles. The fourth-order valence-corrected chi connectivity index (χ4v) is 3.93. The predicted octanol–water partition coefficient (Wildman–Crippen LogP) is 7.03. The fourth-order valence-electron chi connectivity index (χ4n) is 3.93. The Morgan fingerprint density at radius 1 is 0.868 bits per heavy atom. The van der Waals surface area contributed by atoms with Crippen molar-refractivity contribution in [3.05, 3.63) is 115 Å². The number of rotatable bonds is 8. The maximum absolute atomic E-state index is 14.6. The molecule has 38 heavy (non-hydrogen) atoms. The minimum atomic E-state index is -0.404. The van der Waals surface area contributed by atoms with Crippen molar-refractivity contribution in [3.8, 4) is 34.2 Å². The van der Waals surface area contributed by atoms with E-state index in [0.29, 0.717) is 34.9 Å². The molecule has 0 radical (unpaired) electrons. The number of carbonyl (C=O) groups is 1. The van der Waals surface area contributed by atoms with Crippen LogP contribution in [0.5, 0.6) is 6.01 Å². The van der Waals surface area contributed by atoms with Crippen LogP contribution in [0.1, 0.15) is 24.2 Å². The van der Waals surface area contributed by atoms with Gasteiger partial charge < -0.3 is 10.1 Å². The van der Waals surface area contributed by atoms with Crippen molar-refractivity contribution in [3.63, 3.8) is 0 Å². The summed E-state index contributed by atoms with van der Waals surface area (Å²) < 4.78 is 21.9. The van der Waals surface area contributed by atoms with Gasteiger partial charge in [-0.15, -0.1) is 5.10 Å². The highest BCUT2D eigenvalue weighted by molar-refractivity contribution is 6.04. The Balaban J connectivity index is 1.35. The number of nitrogens with zero attached hydrogens (tertiary/aromatic N) is 3. The van der Waals surface area contributed by atoms with E-state index in [9.17, 15) is 9.18 Å². The van der Waals surface area contributed by atoms with Crippen LogP contribution in [0.15, 0.2) is 103 Å². The average molecular weight is 507 g/mol. The average Bonchev–Trinajstić information content (AvgIpc) is 3.37. The van der Waals surface area contributed by atoms with Crippen molar-refractivity contribution in [1.29, 1.82) is 0 Å². The summed E-state index contributed by atoms with van der Waals surface area (Å²) >= 11 is 0. The number of amides is 1. The standard InChI is InChI=1S/C31H27FN4O2/c1-21(2)20-38-31-34-29(27-10-6-7-11-28(27)32)36(35-31)26-18-16-25(17-19-26)33-30(37)24-14-12-23(13-15-24)22-8-4-3-5-9-22/h3-19,21H,20H2,1-2H3,(H,33,37). The van der Waals surface area contributed by atoms with Gasteiger partial charge in [0.2, 0.25) is 0 Å². The quantitative estimate of drug-likeness (QED) is 0.245. The summed E-state index contributed by atoms with van der Waals surface area (Å²) in [5.41, 5.74) is 4.28. The molecule has 0 atom stereocenters. The van der Waals surface area contributed by atoms with Crippen molar-refractivity contribution in [2.24, 2.45) is 5.92 Å². The molecule has 5 aromatic rings. The zero-order chi connectivity index (χ0) is 26.5. The third-order valence-corrected chi connectivity index (χ3v) is 5.87. The summed E-state index contributed by atoms with van der Waals surface area (Å²) in [6.07, 6.45) is 0. The Kier molecular flexibility index (Phi) is 7.26. The van der Waals surface area contributed by atoms with Crippen molar-refractivity contribution in [2.45, 2.75) is 13.8 Å². The summed E-state index contributed by atoms with van der Waals surface area (Å²) in [7, 11) is 0. The van der Waals surface area contributed by atoms with Crippen molar-refractivity contribution in [2.75, 3.05) is 11.9 Å². The lowest BCUT2D eigenvalue weighted by atomic mass is 10.0. The smallest absolute Gasteiger partial charge is 0.336 e. The van der Waals surface area contributed by atoms with E-state index in [2.05, 4.69) is 15.4 Å². The van der Waals surface area contributed by atoms with Crippen molar-refractivity contribution >= 4 is 11.6 Å². The normalized spacial score (nSPS) is 10.9. The molecule has 5 rings (SSSR count).